The molecule has 0 radical (unpaired) electrons. The van der Waals surface area contributed by atoms with Crippen molar-refractivity contribution in [1.82, 2.24) is 15.5 Å². The zero-order valence-corrected chi connectivity index (χ0v) is 15.4. The number of rotatable bonds is 7. The quantitative estimate of drug-likeness (QED) is 0.690. The van der Waals surface area contributed by atoms with E-state index >= 15 is 0 Å². The highest BCUT2D eigenvalue weighted by Gasteiger charge is 2.18. The number of methoxy groups -OCH3 is 1. The van der Waals surface area contributed by atoms with Gasteiger partial charge >= 0.3 is 0 Å². The van der Waals surface area contributed by atoms with Crippen molar-refractivity contribution in [2.24, 2.45) is 0 Å². The van der Waals surface area contributed by atoms with Crippen molar-refractivity contribution >= 4 is 5.91 Å². The van der Waals surface area contributed by atoms with Crippen LogP contribution < -0.4 is 14.8 Å². The Hall–Kier alpha value is -3.35. The minimum absolute atomic E-state index is 0.122. The second kappa shape index (κ2) is 8.35. The molecule has 0 bridgehead atoms. The molecular weight excluding hydrogens is 346 g/mol. The third kappa shape index (κ3) is 4.63. The second-order valence-electron chi connectivity index (χ2n) is 6.01. The highest BCUT2D eigenvalue weighted by Crippen LogP contribution is 2.26. The largest absolute Gasteiger partial charge is 0.493 e. The van der Waals surface area contributed by atoms with Crippen LogP contribution in [0.5, 0.6) is 11.5 Å². The molecule has 1 aromatic heterocycles. The molecule has 2 aromatic carbocycles. The Morgan fingerprint density at radius 2 is 1.96 bits per heavy atom. The van der Waals surface area contributed by atoms with Gasteiger partial charge in [0.1, 0.15) is 0 Å². The Labute approximate surface area is 157 Å². The number of carbonyl (C=O) groups is 1. The maximum Gasteiger partial charge on any atom is 0.261 e. The third-order valence-corrected chi connectivity index (χ3v) is 3.90. The molecule has 1 N–H and O–H groups in total. The lowest BCUT2D eigenvalue weighted by atomic mass is 10.1. The van der Waals surface area contributed by atoms with Gasteiger partial charge in [-0.3, -0.25) is 4.79 Å². The van der Waals surface area contributed by atoms with Crippen LogP contribution in [0.15, 0.2) is 53.1 Å². The highest BCUT2D eigenvalue weighted by molar-refractivity contribution is 5.80. The topological polar surface area (TPSA) is 86.5 Å². The Kier molecular flexibility index (Phi) is 5.71. The van der Waals surface area contributed by atoms with E-state index in [4.69, 9.17) is 14.0 Å². The summed E-state index contributed by atoms with van der Waals surface area (Å²) in [5.74, 6) is 1.58. The number of ether oxygens (including phenoxy) is 2. The molecule has 3 rings (SSSR count). The van der Waals surface area contributed by atoms with Crippen molar-refractivity contribution in [1.29, 1.82) is 0 Å². The Balaban J connectivity index is 1.57. The van der Waals surface area contributed by atoms with E-state index in [2.05, 4.69) is 15.5 Å². The van der Waals surface area contributed by atoms with E-state index in [1.165, 1.54) is 0 Å². The molecule has 0 saturated carbocycles. The minimum atomic E-state index is -0.708. The monoisotopic (exact) mass is 367 g/mol. The van der Waals surface area contributed by atoms with Crippen LogP contribution in [-0.2, 0) is 11.3 Å². The van der Waals surface area contributed by atoms with Gasteiger partial charge in [0.15, 0.2) is 17.6 Å². The fraction of sp³-hybridized carbons (Fsp3) is 0.250. The number of amides is 1. The number of aryl methyl sites for hydroxylation is 1. The summed E-state index contributed by atoms with van der Waals surface area (Å²) in [5.41, 5.74) is 1.97. The van der Waals surface area contributed by atoms with Crippen molar-refractivity contribution in [3.63, 3.8) is 0 Å². The van der Waals surface area contributed by atoms with Crippen molar-refractivity contribution in [3.8, 4) is 22.9 Å². The lowest BCUT2D eigenvalue weighted by molar-refractivity contribution is -0.127. The standard InChI is InChI=1S/C20H21N3O4/c1-13-7-6-8-15(11-13)19-22-18(27-23-19)12-21-20(24)14(2)26-17-10-5-4-9-16(17)25-3/h4-11,14H,12H2,1-3H3,(H,21,24)/t14-/m1/s1. The van der Waals surface area contributed by atoms with Gasteiger partial charge in [-0.05, 0) is 32.0 Å². The van der Waals surface area contributed by atoms with Crippen molar-refractivity contribution in [2.45, 2.75) is 26.5 Å². The van der Waals surface area contributed by atoms with Gasteiger partial charge in [0, 0.05) is 5.56 Å². The van der Waals surface area contributed by atoms with E-state index in [0.29, 0.717) is 23.2 Å². The molecule has 140 valence electrons. The van der Waals surface area contributed by atoms with Crippen LogP contribution in [0.1, 0.15) is 18.4 Å². The lowest BCUT2D eigenvalue weighted by Crippen LogP contribution is -2.36. The second-order valence-corrected chi connectivity index (χ2v) is 6.01. The SMILES string of the molecule is COc1ccccc1O[C@H](C)C(=O)NCc1nc(-c2cccc(C)c2)no1. The van der Waals surface area contributed by atoms with Crippen LogP contribution in [0, 0.1) is 6.92 Å². The van der Waals surface area contributed by atoms with Gasteiger partial charge in [-0.25, -0.2) is 0 Å². The molecule has 7 heteroatoms. The first-order valence-corrected chi connectivity index (χ1v) is 8.54. The van der Waals surface area contributed by atoms with Gasteiger partial charge in [0.05, 0.1) is 13.7 Å². The Bertz CT molecular complexity index is 923. The third-order valence-electron chi connectivity index (χ3n) is 3.90. The molecule has 1 amide bonds. The summed E-state index contributed by atoms with van der Waals surface area (Å²) < 4.78 is 16.1. The maximum absolute atomic E-state index is 12.3. The van der Waals surface area contributed by atoms with Crippen LogP contribution in [0.4, 0.5) is 0 Å². The van der Waals surface area contributed by atoms with E-state index in [1.807, 2.05) is 43.3 Å². The van der Waals surface area contributed by atoms with E-state index in [-0.39, 0.29) is 12.5 Å². The molecule has 0 spiro atoms. The minimum Gasteiger partial charge on any atom is -0.493 e. The Morgan fingerprint density at radius 3 is 2.70 bits per heavy atom. The van der Waals surface area contributed by atoms with E-state index in [1.54, 1.807) is 26.2 Å². The van der Waals surface area contributed by atoms with Gasteiger partial charge in [-0.2, -0.15) is 4.98 Å². The average molecular weight is 367 g/mol. The molecule has 0 fully saturated rings. The number of para-hydroxylation sites is 2. The molecule has 0 saturated heterocycles. The molecule has 0 aliphatic rings. The molecule has 1 atom stereocenters. The fourth-order valence-corrected chi connectivity index (χ4v) is 2.49. The first-order chi connectivity index (χ1) is 13.1. The van der Waals surface area contributed by atoms with Crippen LogP contribution >= 0.6 is 0 Å². The van der Waals surface area contributed by atoms with Gasteiger partial charge in [0.2, 0.25) is 11.7 Å². The van der Waals surface area contributed by atoms with Crippen LogP contribution in [0.3, 0.4) is 0 Å². The highest BCUT2D eigenvalue weighted by atomic mass is 16.5. The molecule has 7 nitrogen and oxygen atoms in total. The number of nitrogens with one attached hydrogen (secondary N) is 1. The van der Waals surface area contributed by atoms with Gasteiger partial charge < -0.3 is 19.3 Å². The summed E-state index contributed by atoms with van der Waals surface area (Å²) in [6.07, 6.45) is -0.708. The summed E-state index contributed by atoms with van der Waals surface area (Å²) >= 11 is 0. The van der Waals surface area contributed by atoms with Gasteiger partial charge in [-0.1, -0.05) is 41.1 Å². The summed E-state index contributed by atoms with van der Waals surface area (Å²) in [5, 5.41) is 6.69. The molecular formula is C20H21N3O4. The number of hydrogen-bond acceptors (Lipinski definition) is 6. The number of carbonyl (C=O) groups excluding carboxylic acids is 1. The van der Waals surface area contributed by atoms with Crippen molar-refractivity contribution < 1.29 is 18.8 Å². The number of hydrogen-bond donors (Lipinski definition) is 1. The van der Waals surface area contributed by atoms with Crippen LogP contribution in [0.25, 0.3) is 11.4 Å². The number of nitrogens with zero attached hydrogens (tertiary/aromatic N) is 2. The predicted octanol–water partition coefficient (Wildman–Crippen LogP) is 3.14. The summed E-state index contributed by atoms with van der Waals surface area (Å²) in [7, 11) is 1.55. The normalized spacial score (nSPS) is 11.7. The summed E-state index contributed by atoms with van der Waals surface area (Å²) in [6, 6.07) is 15.0. The first kappa shape index (κ1) is 18.4. The molecule has 1 heterocycles. The van der Waals surface area contributed by atoms with E-state index in [9.17, 15) is 4.79 Å². The van der Waals surface area contributed by atoms with Crippen LogP contribution in [0.2, 0.25) is 0 Å². The van der Waals surface area contributed by atoms with Gasteiger partial charge in [-0.15, -0.1) is 0 Å². The lowest BCUT2D eigenvalue weighted by Gasteiger charge is -2.16. The zero-order valence-electron chi connectivity index (χ0n) is 15.4. The predicted molar refractivity (Wildman–Crippen MR) is 99.4 cm³/mol. The molecule has 0 aliphatic carbocycles. The first-order valence-electron chi connectivity index (χ1n) is 8.54. The average Bonchev–Trinajstić information content (AvgIpc) is 3.15. The van der Waals surface area contributed by atoms with Crippen molar-refractivity contribution in [3.05, 3.63) is 60.0 Å². The number of aromatic nitrogens is 2. The number of benzene rings is 2. The maximum atomic E-state index is 12.3. The van der Waals surface area contributed by atoms with E-state index < -0.39 is 6.10 Å². The fourth-order valence-electron chi connectivity index (χ4n) is 2.49. The van der Waals surface area contributed by atoms with Gasteiger partial charge in [0.25, 0.3) is 5.91 Å². The zero-order chi connectivity index (χ0) is 19.2. The van der Waals surface area contributed by atoms with Crippen LogP contribution in [-0.4, -0.2) is 29.3 Å². The molecule has 3 aromatic rings. The summed E-state index contributed by atoms with van der Waals surface area (Å²) in [6.45, 7) is 3.78. The molecule has 0 unspecified atom stereocenters. The molecule has 0 aliphatic heterocycles. The smallest absolute Gasteiger partial charge is 0.261 e. The summed E-state index contributed by atoms with van der Waals surface area (Å²) in [4.78, 5) is 16.6. The molecule has 27 heavy (non-hydrogen) atoms. The van der Waals surface area contributed by atoms with E-state index in [0.717, 1.165) is 11.1 Å². The van der Waals surface area contributed by atoms with Crippen molar-refractivity contribution in [2.75, 3.05) is 7.11 Å². The Morgan fingerprint density at radius 1 is 1.19 bits per heavy atom.